The van der Waals surface area contributed by atoms with Crippen LogP contribution in [-0.4, -0.2) is 19.3 Å². The van der Waals surface area contributed by atoms with Gasteiger partial charge in [-0.1, -0.05) is 30.9 Å². The number of thioether (sulfide) groups is 1. The minimum Gasteiger partial charge on any atom is -0.114 e. The molecule has 68 valence electrons. The van der Waals surface area contributed by atoms with Crippen molar-refractivity contribution in [1.82, 2.24) is 0 Å². The molecule has 0 aromatic rings. The Kier molecular flexibility index (Phi) is 2.43. The second-order valence-electron chi connectivity index (χ2n) is 3.85. The van der Waals surface area contributed by atoms with E-state index in [1.54, 1.807) is 0 Å². The van der Waals surface area contributed by atoms with Gasteiger partial charge in [0.25, 0.3) is 0 Å². The quantitative estimate of drug-likeness (QED) is 0.594. The van der Waals surface area contributed by atoms with Crippen LogP contribution in [0.5, 0.6) is 0 Å². The van der Waals surface area contributed by atoms with E-state index in [0.29, 0.717) is 5.25 Å². The zero-order valence-electron chi connectivity index (χ0n) is 8.29. The van der Waals surface area contributed by atoms with Crippen LogP contribution in [0.25, 0.3) is 0 Å². The van der Waals surface area contributed by atoms with Crippen LogP contribution in [0.3, 0.4) is 0 Å². The second kappa shape index (κ2) is 3.43. The summed E-state index contributed by atoms with van der Waals surface area (Å²) in [6, 6.07) is 0. The van der Waals surface area contributed by atoms with Gasteiger partial charge in [-0.15, -0.1) is 11.8 Å². The lowest BCUT2D eigenvalue weighted by Gasteiger charge is -2.00. The van der Waals surface area contributed by atoms with E-state index in [2.05, 4.69) is 43.9 Å². The summed E-state index contributed by atoms with van der Waals surface area (Å²) in [5, 5.41) is 0.648. The maximum atomic E-state index is 2.50. The molecule has 0 radical (unpaired) electrons. The molecule has 0 amide bonds. The highest BCUT2D eigenvalue weighted by Gasteiger charge is 2.21. The average Bonchev–Trinajstić information content (AvgIpc) is 2.41. The SMILES string of the molecule is CC1=CC2=CC(C=[Si](C)C)SC2=C1. The van der Waals surface area contributed by atoms with Crippen LogP contribution in [0.1, 0.15) is 6.92 Å². The molecule has 13 heavy (non-hydrogen) atoms. The fourth-order valence-electron chi connectivity index (χ4n) is 1.65. The first-order valence-corrected chi connectivity index (χ1v) is 8.05. The van der Waals surface area contributed by atoms with Gasteiger partial charge in [-0.25, -0.2) is 0 Å². The normalized spacial score (nSPS) is 24.8. The summed E-state index contributed by atoms with van der Waals surface area (Å²) in [6.07, 6.45) is 6.97. The summed E-state index contributed by atoms with van der Waals surface area (Å²) in [5.74, 6) is 0. The molecule has 0 fully saturated rings. The van der Waals surface area contributed by atoms with Crippen LogP contribution in [0.2, 0.25) is 13.1 Å². The predicted octanol–water partition coefficient (Wildman–Crippen LogP) is 3.01. The fourth-order valence-corrected chi connectivity index (χ4v) is 4.52. The monoisotopic (exact) mass is 206 g/mol. The van der Waals surface area contributed by atoms with Crippen molar-refractivity contribution in [3.8, 4) is 0 Å². The lowest BCUT2D eigenvalue weighted by Crippen LogP contribution is -2.04. The molecule has 1 unspecified atom stereocenters. The van der Waals surface area contributed by atoms with Crippen LogP contribution >= 0.6 is 11.8 Å². The van der Waals surface area contributed by atoms with E-state index in [4.69, 9.17) is 0 Å². The Morgan fingerprint density at radius 3 is 2.77 bits per heavy atom. The lowest BCUT2D eigenvalue weighted by molar-refractivity contribution is 1.53. The molecule has 0 spiro atoms. The minimum absolute atomic E-state index is 0.200. The molecule has 1 aliphatic carbocycles. The van der Waals surface area contributed by atoms with Crippen molar-refractivity contribution in [2.75, 3.05) is 0 Å². The Bertz CT molecular complexity index is 354. The largest absolute Gasteiger partial charge is 0.114 e. The van der Waals surface area contributed by atoms with Gasteiger partial charge in [0.1, 0.15) is 0 Å². The molecular formula is C11H14SSi. The Labute approximate surface area is 85.6 Å². The first-order chi connectivity index (χ1) is 6.15. The van der Waals surface area contributed by atoms with E-state index in [1.807, 2.05) is 11.8 Å². The number of allylic oxidation sites excluding steroid dienone is 4. The molecule has 1 heterocycles. The molecule has 0 aromatic carbocycles. The molecule has 0 saturated heterocycles. The molecule has 2 heteroatoms. The van der Waals surface area contributed by atoms with E-state index in [0.717, 1.165) is 0 Å². The smallest absolute Gasteiger partial charge is 0.0425 e. The zero-order chi connectivity index (χ0) is 9.42. The molecule has 1 aliphatic heterocycles. The number of rotatable bonds is 1. The number of hydrogen-bond acceptors (Lipinski definition) is 1. The second-order valence-corrected chi connectivity index (χ2v) is 7.55. The van der Waals surface area contributed by atoms with Crippen molar-refractivity contribution in [3.63, 3.8) is 0 Å². The third-order valence-corrected chi connectivity index (χ3v) is 4.55. The van der Waals surface area contributed by atoms with Crippen molar-refractivity contribution < 1.29 is 0 Å². The molecule has 1 atom stereocenters. The van der Waals surface area contributed by atoms with E-state index >= 15 is 0 Å². The maximum absolute atomic E-state index is 2.50. The topological polar surface area (TPSA) is 0 Å². The van der Waals surface area contributed by atoms with Gasteiger partial charge >= 0.3 is 0 Å². The van der Waals surface area contributed by atoms with Gasteiger partial charge < -0.3 is 0 Å². The molecule has 0 N–H and O–H groups in total. The molecule has 2 rings (SSSR count). The van der Waals surface area contributed by atoms with Crippen LogP contribution in [0, 0.1) is 0 Å². The summed E-state index contributed by atoms with van der Waals surface area (Å²) in [5.41, 5.74) is 5.35. The van der Waals surface area contributed by atoms with Crippen molar-refractivity contribution in [3.05, 3.63) is 34.3 Å². The Morgan fingerprint density at radius 1 is 1.38 bits per heavy atom. The van der Waals surface area contributed by atoms with Gasteiger partial charge in [-0.3, -0.25) is 0 Å². The standard InChI is InChI=1S/C11H14SSi/c1-8-4-9-6-10(7-13(2)3)12-11(9)5-8/h4-7,10H,1-3H3. The third-order valence-electron chi connectivity index (χ3n) is 2.13. The van der Waals surface area contributed by atoms with Crippen LogP contribution in [0.15, 0.2) is 34.3 Å². The van der Waals surface area contributed by atoms with E-state index in [-0.39, 0.29) is 8.41 Å². The van der Waals surface area contributed by atoms with Crippen molar-refractivity contribution in [1.29, 1.82) is 0 Å². The van der Waals surface area contributed by atoms with Crippen LogP contribution < -0.4 is 0 Å². The highest BCUT2D eigenvalue weighted by Crippen LogP contribution is 2.41. The van der Waals surface area contributed by atoms with E-state index in [1.165, 1.54) is 16.1 Å². The Hall–Kier alpha value is -0.343. The van der Waals surface area contributed by atoms with E-state index < -0.39 is 0 Å². The highest BCUT2D eigenvalue weighted by molar-refractivity contribution is 8.05. The summed E-state index contributed by atoms with van der Waals surface area (Å²) in [7, 11) is -0.200. The first kappa shape index (κ1) is 9.22. The Morgan fingerprint density at radius 2 is 2.15 bits per heavy atom. The molecule has 0 bridgehead atoms. The molecular weight excluding hydrogens is 192 g/mol. The van der Waals surface area contributed by atoms with Gasteiger partial charge in [0.2, 0.25) is 0 Å². The summed E-state index contributed by atoms with van der Waals surface area (Å²) < 4.78 is 0. The van der Waals surface area contributed by atoms with Crippen LogP contribution in [-0.2, 0) is 0 Å². The first-order valence-electron chi connectivity index (χ1n) is 4.59. The van der Waals surface area contributed by atoms with Crippen molar-refractivity contribution >= 4 is 25.8 Å². The van der Waals surface area contributed by atoms with Gasteiger partial charge in [0, 0.05) is 18.6 Å². The van der Waals surface area contributed by atoms with Gasteiger partial charge in [0.15, 0.2) is 0 Å². The zero-order valence-corrected chi connectivity index (χ0v) is 10.1. The third kappa shape index (κ3) is 1.94. The summed E-state index contributed by atoms with van der Waals surface area (Å²) >= 11 is 2.00. The number of hydrogen-bond donors (Lipinski definition) is 0. The molecule has 0 aromatic heterocycles. The van der Waals surface area contributed by atoms with Crippen molar-refractivity contribution in [2.45, 2.75) is 25.3 Å². The lowest BCUT2D eigenvalue weighted by atomic mass is 10.2. The Balaban J connectivity index is 2.21. The summed E-state index contributed by atoms with van der Waals surface area (Å²) in [4.78, 5) is 1.47. The number of fused-ring (bicyclic) bond motifs is 1. The average molecular weight is 206 g/mol. The van der Waals surface area contributed by atoms with Gasteiger partial charge in [0.05, 0.1) is 0 Å². The van der Waals surface area contributed by atoms with Crippen LogP contribution in [0.4, 0.5) is 0 Å². The maximum Gasteiger partial charge on any atom is 0.0425 e. The fraction of sp³-hybridized carbons (Fsp3) is 0.364. The molecule has 0 saturated carbocycles. The van der Waals surface area contributed by atoms with Crippen molar-refractivity contribution in [2.24, 2.45) is 0 Å². The predicted molar refractivity (Wildman–Crippen MR) is 64.8 cm³/mol. The molecule has 0 nitrogen and oxygen atoms in total. The highest BCUT2D eigenvalue weighted by atomic mass is 32.2. The van der Waals surface area contributed by atoms with E-state index in [9.17, 15) is 0 Å². The minimum atomic E-state index is -0.200. The van der Waals surface area contributed by atoms with Gasteiger partial charge in [-0.05, 0) is 24.1 Å². The molecule has 2 aliphatic rings. The van der Waals surface area contributed by atoms with Gasteiger partial charge in [-0.2, -0.15) is 0 Å². The summed E-state index contributed by atoms with van der Waals surface area (Å²) in [6.45, 7) is 6.85.